The number of aromatic nitrogens is 1. The van der Waals surface area contributed by atoms with E-state index in [1.165, 1.54) is 23.5 Å². The van der Waals surface area contributed by atoms with Crippen molar-refractivity contribution in [1.82, 2.24) is 14.8 Å². The van der Waals surface area contributed by atoms with Crippen LogP contribution in [0.15, 0.2) is 29.8 Å². The van der Waals surface area contributed by atoms with Crippen LogP contribution in [0.5, 0.6) is 0 Å². The van der Waals surface area contributed by atoms with Gasteiger partial charge in [0.15, 0.2) is 10.6 Å². The van der Waals surface area contributed by atoms with E-state index in [0.717, 1.165) is 6.07 Å². The summed E-state index contributed by atoms with van der Waals surface area (Å²) < 4.78 is 33.6. The number of halogens is 2. The summed E-state index contributed by atoms with van der Waals surface area (Å²) in [4.78, 5) is 33.2. The van der Waals surface area contributed by atoms with E-state index >= 15 is 0 Å². The van der Waals surface area contributed by atoms with E-state index in [1.807, 2.05) is 0 Å². The second-order valence-corrected chi connectivity index (χ2v) is 8.60. The Labute approximate surface area is 170 Å². The molecule has 3 saturated heterocycles. The summed E-state index contributed by atoms with van der Waals surface area (Å²) in [7, 11) is 0. The lowest BCUT2D eigenvalue weighted by Gasteiger charge is -2.37. The van der Waals surface area contributed by atoms with Crippen LogP contribution in [0.25, 0.3) is 0 Å². The highest BCUT2D eigenvalue weighted by Gasteiger charge is 2.58. The van der Waals surface area contributed by atoms with Gasteiger partial charge >= 0.3 is 0 Å². The second kappa shape index (κ2) is 6.84. The molecule has 9 heteroatoms. The molecule has 2 unspecified atom stereocenters. The molecular formula is C20H19F2N3O3S. The third kappa shape index (κ3) is 3.03. The third-order valence-corrected chi connectivity index (χ3v) is 6.82. The number of carbonyl (C=O) groups is 2. The van der Waals surface area contributed by atoms with Crippen molar-refractivity contribution in [3.63, 3.8) is 0 Å². The fourth-order valence-electron chi connectivity index (χ4n) is 4.68. The number of carbonyl (C=O) groups excluding carboxylic acids is 2. The van der Waals surface area contributed by atoms with E-state index < -0.39 is 23.3 Å². The first-order valence-electron chi connectivity index (χ1n) is 9.62. The first-order chi connectivity index (χ1) is 14.0. The van der Waals surface area contributed by atoms with Gasteiger partial charge in [-0.3, -0.25) is 9.59 Å². The minimum atomic E-state index is -0.963. The van der Waals surface area contributed by atoms with Crippen LogP contribution in [0.1, 0.15) is 47.1 Å². The summed E-state index contributed by atoms with van der Waals surface area (Å²) in [6, 6.07) is 2.99. The quantitative estimate of drug-likeness (QED) is 0.751. The van der Waals surface area contributed by atoms with Gasteiger partial charge < -0.3 is 14.5 Å². The lowest BCUT2D eigenvalue weighted by Crippen LogP contribution is -2.51. The summed E-state index contributed by atoms with van der Waals surface area (Å²) >= 11 is 1.29. The fourth-order valence-corrected chi connectivity index (χ4v) is 5.28. The molecule has 3 fully saturated rings. The largest absolute Gasteiger partial charge is 0.342 e. The molecule has 0 N–H and O–H groups in total. The highest BCUT2D eigenvalue weighted by molar-refractivity contribution is 7.11. The van der Waals surface area contributed by atoms with Crippen LogP contribution in [-0.2, 0) is 9.53 Å². The summed E-state index contributed by atoms with van der Waals surface area (Å²) in [6.07, 6.45) is 3.24. The number of amides is 2. The lowest BCUT2D eigenvalue weighted by atomic mass is 9.89. The Kier molecular flexibility index (Phi) is 4.40. The Morgan fingerprint density at radius 2 is 1.90 bits per heavy atom. The number of hydrogen-bond acceptors (Lipinski definition) is 5. The van der Waals surface area contributed by atoms with Gasteiger partial charge in [0.2, 0.25) is 0 Å². The average Bonchev–Trinajstić information content (AvgIpc) is 3.41. The maximum atomic E-state index is 13.7. The predicted molar refractivity (Wildman–Crippen MR) is 100 cm³/mol. The molecule has 29 heavy (non-hydrogen) atoms. The molecule has 6 nitrogen and oxygen atoms in total. The number of piperidine rings is 1. The zero-order valence-electron chi connectivity index (χ0n) is 15.5. The van der Waals surface area contributed by atoms with E-state index in [1.54, 1.807) is 21.4 Å². The van der Waals surface area contributed by atoms with Crippen molar-refractivity contribution in [1.29, 1.82) is 0 Å². The number of likely N-dealkylation sites (tertiary alicyclic amines) is 1. The second-order valence-electron chi connectivity index (χ2n) is 7.70. The highest BCUT2D eigenvalue weighted by Crippen LogP contribution is 2.47. The van der Waals surface area contributed by atoms with Gasteiger partial charge in [-0.25, -0.2) is 13.8 Å². The van der Waals surface area contributed by atoms with Gasteiger partial charge in [0.1, 0.15) is 17.9 Å². The number of hydrogen-bond donors (Lipinski definition) is 0. The molecule has 2 amide bonds. The lowest BCUT2D eigenvalue weighted by molar-refractivity contribution is -0.142. The molecular weight excluding hydrogens is 400 g/mol. The van der Waals surface area contributed by atoms with Crippen LogP contribution in [0.3, 0.4) is 0 Å². The Morgan fingerprint density at radius 3 is 2.55 bits per heavy atom. The Morgan fingerprint density at radius 1 is 1.17 bits per heavy atom. The van der Waals surface area contributed by atoms with Crippen LogP contribution >= 0.6 is 11.3 Å². The Bertz CT molecular complexity index is 940. The van der Waals surface area contributed by atoms with Crippen molar-refractivity contribution in [3.05, 3.63) is 52.0 Å². The molecule has 4 heterocycles. The first-order valence-corrected chi connectivity index (χ1v) is 10.5. The predicted octanol–water partition coefficient (Wildman–Crippen LogP) is 3.12. The van der Waals surface area contributed by atoms with Crippen molar-refractivity contribution in [2.45, 2.75) is 43.6 Å². The first kappa shape index (κ1) is 18.6. The molecule has 1 aromatic heterocycles. The zero-order valence-corrected chi connectivity index (χ0v) is 16.3. The summed E-state index contributed by atoms with van der Waals surface area (Å²) in [5, 5.41) is 2.19. The molecule has 1 spiro atoms. The summed E-state index contributed by atoms with van der Waals surface area (Å²) in [5.74, 6) is -1.58. The molecule has 3 aliphatic heterocycles. The van der Waals surface area contributed by atoms with E-state index in [2.05, 4.69) is 4.98 Å². The SMILES string of the molecule is O=C(c1nccs1)N1CCC2(CC1)OC1CCC(c3cc(F)cc(F)c3)N1C2=O. The van der Waals surface area contributed by atoms with E-state index in [0.29, 0.717) is 49.3 Å². The summed E-state index contributed by atoms with van der Waals surface area (Å²) in [5.41, 5.74) is -0.509. The molecule has 0 radical (unpaired) electrons. The van der Waals surface area contributed by atoms with Crippen LogP contribution in [0.4, 0.5) is 8.78 Å². The van der Waals surface area contributed by atoms with Gasteiger partial charge in [-0.15, -0.1) is 11.3 Å². The van der Waals surface area contributed by atoms with E-state index in [4.69, 9.17) is 4.74 Å². The number of benzene rings is 1. The number of thiazole rings is 1. The van der Waals surface area contributed by atoms with Crippen molar-refractivity contribution >= 4 is 23.2 Å². The standard InChI is InChI=1S/C20H19F2N3O3S/c21-13-9-12(10-14(22)11-13)15-1-2-16-25(15)19(27)20(28-16)3-6-24(7-4-20)18(26)17-23-5-8-29-17/h5,8-11,15-16H,1-4,6-7H2. The molecule has 0 saturated carbocycles. The van der Waals surface area contributed by atoms with E-state index in [9.17, 15) is 18.4 Å². The van der Waals surface area contributed by atoms with Crippen LogP contribution in [-0.4, -0.2) is 51.5 Å². The topological polar surface area (TPSA) is 62.7 Å². The van der Waals surface area contributed by atoms with Crippen molar-refractivity contribution in [2.24, 2.45) is 0 Å². The minimum absolute atomic E-state index is 0.131. The zero-order chi connectivity index (χ0) is 20.2. The minimum Gasteiger partial charge on any atom is -0.342 e. The molecule has 2 aromatic rings. The molecule has 0 bridgehead atoms. The maximum absolute atomic E-state index is 13.7. The summed E-state index contributed by atoms with van der Waals surface area (Å²) in [6.45, 7) is 0.813. The molecule has 2 atom stereocenters. The monoisotopic (exact) mass is 419 g/mol. The Hall–Kier alpha value is -2.39. The normalized spacial score (nSPS) is 25.7. The van der Waals surface area contributed by atoms with Crippen molar-refractivity contribution in [3.8, 4) is 0 Å². The molecule has 152 valence electrons. The maximum Gasteiger partial charge on any atom is 0.282 e. The molecule has 0 aliphatic carbocycles. The van der Waals surface area contributed by atoms with Crippen molar-refractivity contribution in [2.75, 3.05) is 13.1 Å². The van der Waals surface area contributed by atoms with Gasteiger partial charge in [0.25, 0.3) is 11.8 Å². The number of ether oxygens (including phenoxy) is 1. The van der Waals surface area contributed by atoms with Gasteiger partial charge in [-0.1, -0.05) is 0 Å². The van der Waals surface area contributed by atoms with Gasteiger partial charge in [0.05, 0.1) is 6.04 Å². The molecule has 3 aliphatic rings. The third-order valence-electron chi connectivity index (χ3n) is 6.06. The number of rotatable bonds is 2. The van der Waals surface area contributed by atoms with Crippen LogP contribution in [0.2, 0.25) is 0 Å². The number of nitrogens with zero attached hydrogens (tertiary/aromatic N) is 3. The fraction of sp³-hybridized carbons (Fsp3) is 0.450. The van der Waals surface area contributed by atoms with E-state index in [-0.39, 0.29) is 18.0 Å². The van der Waals surface area contributed by atoms with Gasteiger partial charge in [-0.05, 0) is 30.5 Å². The highest BCUT2D eigenvalue weighted by atomic mass is 32.1. The molecule has 5 rings (SSSR count). The average molecular weight is 419 g/mol. The van der Waals surface area contributed by atoms with Gasteiger partial charge in [-0.2, -0.15) is 0 Å². The molecule has 1 aromatic carbocycles. The van der Waals surface area contributed by atoms with Crippen molar-refractivity contribution < 1.29 is 23.1 Å². The van der Waals surface area contributed by atoms with Gasteiger partial charge in [0, 0.05) is 43.6 Å². The van der Waals surface area contributed by atoms with Crippen LogP contribution < -0.4 is 0 Å². The smallest absolute Gasteiger partial charge is 0.282 e. The number of fused-ring (bicyclic) bond motifs is 1. The Balaban J connectivity index is 1.33. The van der Waals surface area contributed by atoms with Crippen LogP contribution in [0, 0.1) is 11.6 Å².